The number of nitrogens with one attached hydrogen (secondary N) is 2. The van der Waals surface area contributed by atoms with Crippen molar-refractivity contribution in [1.29, 1.82) is 0 Å². The van der Waals surface area contributed by atoms with E-state index in [4.69, 9.17) is 0 Å². The van der Waals surface area contributed by atoms with Crippen molar-refractivity contribution in [1.82, 2.24) is 10.9 Å². The zero-order chi connectivity index (χ0) is 26.2. The molecule has 3 aromatic carbocycles. The van der Waals surface area contributed by atoms with Gasteiger partial charge in [0.15, 0.2) is 0 Å². The van der Waals surface area contributed by atoms with Crippen molar-refractivity contribution in [3.05, 3.63) is 109 Å². The fraction of sp³-hybridized carbons (Fsp3) is 0.0435. The minimum Gasteiger partial charge on any atom is -0.507 e. The summed E-state index contributed by atoms with van der Waals surface area (Å²) in [6, 6.07) is 13.1. The average molecular weight is 490 g/mol. The molecule has 2 amide bonds. The van der Waals surface area contributed by atoms with Gasteiger partial charge in [-0.25, -0.2) is 10.9 Å². The van der Waals surface area contributed by atoms with Crippen molar-refractivity contribution in [2.75, 3.05) is 0 Å². The third kappa shape index (κ3) is 6.32. The number of benzene rings is 3. The van der Waals surface area contributed by atoms with E-state index in [1.165, 1.54) is 67.0 Å². The van der Waals surface area contributed by atoms with Gasteiger partial charge < -0.3 is 5.11 Å². The van der Waals surface area contributed by atoms with E-state index >= 15 is 0 Å². The first-order valence-electron chi connectivity index (χ1n) is 10.1. The van der Waals surface area contributed by atoms with Gasteiger partial charge in [0.25, 0.3) is 23.2 Å². The minimum atomic E-state index is -0.607. The van der Waals surface area contributed by atoms with E-state index in [0.29, 0.717) is 11.1 Å². The van der Waals surface area contributed by atoms with Crippen LogP contribution in [0.2, 0.25) is 0 Å². The van der Waals surface area contributed by atoms with Crippen LogP contribution in [-0.4, -0.2) is 39.2 Å². The number of phenols is 1. The summed E-state index contributed by atoms with van der Waals surface area (Å²) in [5, 5.41) is 39.3. The van der Waals surface area contributed by atoms with Gasteiger partial charge >= 0.3 is 0 Å². The fourth-order valence-electron chi connectivity index (χ4n) is 2.93. The maximum atomic E-state index is 12.2. The van der Waals surface area contributed by atoms with Crippen molar-refractivity contribution >= 4 is 35.6 Å². The molecular weight excluding hydrogens is 472 g/mol. The Morgan fingerprint density at radius 3 is 1.69 bits per heavy atom. The summed E-state index contributed by atoms with van der Waals surface area (Å²) in [6.45, 7) is 1.63. The Balaban J connectivity index is 1.65. The zero-order valence-corrected chi connectivity index (χ0v) is 18.6. The van der Waals surface area contributed by atoms with Crippen LogP contribution >= 0.6 is 0 Å². The number of amides is 2. The highest BCUT2D eigenvalue weighted by Crippen LogP contribution is 2.22. The van der Waals surface area contributed by atoms with Crippen molar-refractivity contribution in [3.8, 4) is 5.75 Å². The summed E-state index contributed by atoms with van der Waals surface area (Å²) in [5.41, 5.74) is 5.83. The van der Waals surface area contributed by atoms with Gasteiger partial charge in [-0.05, 0) is 54.4 Å². The summed E-state index contributed by atoms with van der Waals surface area (Å²) in [7, 11) is 0. The van der Waals surface area contributed by atoms with Gasteiger partial charge in [-0.3, -0.25) is 29.8 Å². The molecule has 13 nitrogen and oxygen atoms in total. The van der Waals surface area contributed by atoms with Gasteiger partial charge in [0, 0.05) is 41.0 Å². The highest BCUT2D eigenvalue weighted by molar-refractivity contribution is 5.96. The van der Waals surface area contributed by atoms with Gasteiger partial charge in [0.05, 0.1) is 22.3 Å². The quantitative estimate of drug-likeness (QED) is 0.245. The normalized spacial score (nSPS) is 10.9. The molecule has 3 aromatic rings. The molecule has 0 atom stereocenters. The smallest absolute Gasteiger partial charge is 0.271 e. The first-order chi connectivity index (χ1) is 17.2. The van der Waals surface area contributed by atoms with Crippen LogP contribution in [0.25, 0.3) is 0 Å². The SMILES string of the molecule is Cc1cc(/C=N/NC(=O)c2ccc([N+](=O)[O-])cc2)cc(/C=N/NC(=O)c2ccc([N+](=O)[O-])cc2)c1O. The zero-order valence-electron chi connectivity index (χ0n) is 18.6. The second-order valence-electron chi connectivity index (χ2n) is 7.28. The molecule has 0 aromatic heterocycles. The van der Waals surface area contributed by atoms with E-state index in [9.17, 15) is 34.9 Å². The molecular formula is C23H18N6O7. The van der Waals surface area contributed by atoms with Crippen molar-refractivity contribution in [3.63, 3.8) is 0 Å². The molecule has 0 aliphatic rings. The number of aromatic hydroxyl groups is 1. The highest BCUT2D eigenvalue weighted by Gasteiger charge is 2.10. The lowest BCUT2D eigenvalue weighted by molar-refractivity contribution is -0.385. The molecule has 0 aliphatic carbocycles. The van der Waals surface area contributed by atoms with Crippen LogP contribution in [0, 0.1) is 27.2 Å². The van der Waals surface area contributed by atoms with E-state index in [1.54, 1.807) is 13.0 Å². The first-order valence-corrected chi connectivity index (χ1v) is 10.1. The minimum absolute atomic E-state index is 0.0876. The molecule has 0 fully saturated rings. The number of carbonyl (C=O) groups is 2. The third-order valence-corrected chi connectivity index (χ3v) is 4.78. The molecule has 13 heteroatoms. The number of carbonyl (C=O) groups excluding carboxylic acids is 2. The number of nitro benzene ring substituents is 2. The maximum absolute atomic E-state index is 12.2. The monoisotopic (exact) mass is 490 g/mol. The van der Waals surface area contributed by atoms with E-state index < -0.39 is 21.7 Å². The van der Waals surface area contributed by atoms with Crippen LogP contribution < -0.4 is 10.9 Å². The van der Waals surface area contributed by atoms with Crippen LogP contribution in [0.5, 0.6) is 5.75 Å². The van der Waals surface area contributed by atoms with Crippen LogP contribution in [-0.2, 0) is 0 Å². The summed E-state index contributed by atoms with van der Waals surface area (Å²) in [6.07, 6.45) is 2.53. The topological polar surface area (TPSA) is 189 Å². The maximum Gasteiger partial charge on any atom is 0.271 e. The van der Waals surface area contributed by atoms with Gasteiger partial charge in [-0.2, -0.15) is 10.2 Å². The van der Waals surface area contributed by atoms with E-state index in [2.05, 4.69) is 21.1 Å². The number of aryl methyl sites for hydroxylation is 1. The van der Waals surface area contributed by atoms with Crippen LogP contribution in [0.1, 0.15) is 37.4 Å². The summed E-state index contributed by atoms with van der Waals surface area (Å²) >= 11 is 0. The molecule has 0 aliphatic heterocycles. The van der Waals surface area contributed by atoms with Gasteiger partial charge in [-0.1, -0.05) is 0 Å². The number of rotatable bonds is 8. The molecule has 0 spiro atoms. The van der Waals surface area contributed by atoms with Gasteiger partial charge in [-0.15, -0.1) is 0 Å². The number of hydrogen-bond acceptors (Lipinski definition) is 9. The number of hydrazone groups is 2. The van der Waals surface area contributed by atoms with E-state index in [1.807, 2.05) is 0 Å². The number of phenolic OH excluding ortho intramolecular Hbond substituents is 1. The lowest BCUT2D eigenvalue weighted by Crippen LogP contribution is -2.17. The molecule has 0 heterocycles. The number of nitrogens with zero attached hydrogens (tertiary/aromatic N) is 4. The Morgan fingerprint density at radius 1 is 0.806 bits per heavy atom. The first kappa shape index (κ1) is 25.2. The molecule has 36 heavy (non-hydrogen) atoms. The molecule has 0 saturated heterocycles. The van der Waals surface area contributed by atoms with Crippen LogP contribution in [0.15, 0.2) is 70.9 Å². The average Bonchev–Trinajstić information content (AvgIpc) is 2.86. The number of nitro groups is 2. The molecule has 0 bridgehead atoms. The lowest BCUT2D eigenvalue weighted by Gasteiger charge is -2.06. The lowest BCUT2D eigenvalue weighted by atomic mass is 10.1. The Hall–Kier alpha value is -5.46. The summed E-state index contributed by atoms with van der Waals surface area (Å²) < 4.78 is 0. The van der Waals surface area contributed by atoms with E-state index in [-0.39, 0.29) is 33.8 Å². The fourth-order valence-corrected chi connectivity index (χ4v) is 2.93. The largest absolute Gasteiger partial charge is 0.507 e. The molecule has 3 N–H and O–H groups in total. The van der Waals surface area contributed by atoms with E-state index in [0.717, 1.165) is 0 Å². The van der Waals surface area contributed by atoms with Crippen molar-refractivity contribution in [2.24, 2.45) is 10.2 Å². The highest BCUT2D eigenvalue weighted by atomic mass is 16.6. The van der Waals surface area contributed by atoms with Gasteiger partial charge in [0.1, 0.15) is 5.75 Å². The third-order valence-electron chi connectivity index (χ3n) is 4.78. The molecule has 182 valence electrons. The number of non-ortho nitro benzene ring substituents is 2. The summed E-state index contributed by atoms with van der Waals surface area (Å²) in [4.78, 5) is 44.6. The Morgan fingerprint density at radius 2 is 1.25 bits per heavy atom. The second-order valence-corrected chi connectivity index (χ2v) is 7.28. The van der Waals surface area contributed by atoms with Crippen molar-refractivity contribution < 1.29 is 24.5 Å². The Labute approximate surface area is 203 Å². The molecule has 3 rings (SSSR count). The van der Waals surface area contributed by atoms with Crippen LogP contribution in [0.3, 0.4) is 0 Å². The van der Waals surface area contributed by atoms with Crippen molar-refractivity contribution in [2.45, 2.75) is 6.92 Å². The Bertz CT molecular complexity index is 1380. The second kappa shape index (κ2) is 11.1. The number of hydrogen-bond donors (Lipinski definition) is 3. The molecule has 0 saturated carbocycles. The summed E-state index contributed by atoms with van der Waals surface area (Å²) in [5.74, 6) is -1.27. The molecule has 0 unspecified atom stereocenters. The predicted molar refractivity (Wildman–Crippen MR) is 129 cm³/mol. The Kier molecular flexibility index (Phi) is 7.77. The van der Waals surface area contributed by atoms with Crippen LogP contribution in [0.4, 0.5) is 11.4 Å². The molecule has 0 radical (unpaired) electrons. The predicted octanol–water partition coefficient (Wildman–Crippen LogP) is 3.04. The standard InChI is InChI=1S/C23H18N6O7/c1-14-10-15(12-24-26-22(31)16-2-6-19(7-3-16)28(33)34)11-18(21(14)30)13-25-27-23(32)17-4-8-20(9-5-17)29(35)36/h2-13,30H,1H3,(H,26,31)(H,27,32)/b24-12+,25-13+. The van der Waals surface area contributed by atoms with Gasteiger partial charge in [0.2, 0.25) is 0 Å².